The summed E-state index contributed by atoms with van der Waals surface area (Å²) in [5.41, 5.74) is 13.5. The molecule has 0 saturated heterocycles. The largest absolute Gasteiger partial charge is 0.345 e. The van der Waals surface area contributed by atoms with E-state index >= 15 is 0 Å². The number of hydrogen-bond acceptors (Lipinski definition) is 0. The standard InChI is InChI=1S/C27H29N.2C2H6/c1-19-10-4-5-11-20(19)18-27-17-16-25(27,2)21-12-6-7-13-22(21)26(3,28)23-14-8-9-15-24(23)27;2*1-2/h4-15H,16-18,28H2,1-3H3;2*1-2H3/p+1. The van der Waals surface area contributed by atoms with Crippen molar-refractivity contribution in [1.29, 1.82) is 0 Å². The first-order valence-electron chi connectivity index (χ1n) is 12.5. The molecule has 0 radical (unpaired) electrons. The molecule has 1 nitrogen and oxygen atoms in total. The van der Waals surface area contributed by atoms with Crippen LogP contribution in [0.4, 0.5) is 0 Å². The number of benzene rings is 3. The van der Waals surface area contributed by atoms with Crippen molar-refractivity contribution in [3.05, 3.63) is 106 Å². The van der Waals surface area contributed by atoms with Crippen molar-refractivity contribution in [1.82, 2.24) is 0 Å². The van der Waals surface area contributed by atoms with Crippen LogP contribution in [0.5, 0.6) is 0 Å². The van der Waals surface area contributed by atoms with Gasteiger partial charge in [-0.1, -0.05) is 107 Å². The zero-order valence-electron chi connectivity index (χ0n) is 21.3. The maximum absolute atomic E-state index is 4.76. The third-order valence-electron chi connectivity index (χ3n) is 8.01. The zero-order chi connectivity index (χ0) is 23.6. The van der Waals surface area contributed by atoms with Gasteiger partial charge in [0.15, 0.2) is 0 Å². The highest BCUT2D eigenvalue weighted by atomic mass is 14.8. The molecule has 0 bridgehead atoms. The second-order valence-corrected chi connectivity index (χ2v) is 9.44. The van der Waals surface area contributed by atoms with Gasteiger partial charge in [-0.25, -0.2) is 0 Å². The highest BCUT2D eigenvalue weighted by molar-refractivity contribution is 5.58. The van der Waals surface area contributed by atoms with Crippen LogP contribution in [0.1, 0.15) is 87.8 Å². The van der Waals surface area contributed by atoms with Crippen LogP contribution in [-0.2, 0) is 22.8 Å². The summed E-state index contributed by atoms with van der Waals surface area (Å²) >= 11 is 0. The first-order valence-corrected chi connectivity index (χ1v) is 12.5. The topological polar surface area (TPSA) is 27.6 Å². The number of fused-ring (bicyclic) bond motifs is 5. The molecule has 170 valence electrons. The SMILES string of the molecule is CC.CC.Cc1ccccc1CC12CCC1(C)c1ccccc1C(C)([NH3+])c1ccccc12. The lowest BCUT2D eigenvalue weighted by Gasteiger charge is -2.59. The molecule has 5 rings (SSSR count). The van der Waals surface area contributed by atoms with Gasteiger partial charge in [0.2, 0.25) is 0 Å². The Balaban J connectivity index is 0.000000686. The maximum atomic E-state index is 4.76. The second-order valence-electron chi connectivity index (χ2n) is 9.44. The Labute approximate surface area is 196 Å². The van der Waals surface area contributed by atoms with E-state index in [1.54, 1.807) is 0 Å². The zero-order valence-corrected chi connectivity index (χ0v) is 21.3. The number of hydrogen-bond donors (Lipinski definition) is 1. The normalized spacial score (nSPS) is 27.0. The number of aryl methyl sites for hydroxylation is 1. The average Bonchev–Trinajstić information content (AvgIpc) is 2.87. The minimum absolute atomic E-state index is 0.126. The molecule has 3 aromatic rings. The average molecular weight is 429 g/mol. The molecule has 3 aromatic carbocycles. The summed E-state index contributed by atoms with van der Waals surface area (Å²) in [5, 5.41) is 0. The van der Waals surface area contributed by atoms with Gasteiger partial charge in [0.25, 0.3) is 0 Å². The molecule has 1 saturated carbocycles. The Bertz CT molecular complexity index is 1060. The molecule has 0 aliphatic heterocycles. The van der Waals surface area contributed by atoms with Gasteiger partial charge in [-0.05, 0) is 55.4 Å². The van der Waals surface area contributed by atoms with E-state index in [-0.39, 0.29) is 16.4 Å². The van der Waals surface area contributed by atoms with Crippen molar-refractivity contribution in [3.8, 4) is 0 Å². The summed E-state index contributed by atoms with van der Waals surface area (Å²) in [5.74, 6) is 0. The van der Waals surface area contributed by atoms with Crippen LogP contribution >= 0.6 is 0 Å². The molecular formula is C31H42N+. The van der Waals surface area contributed by atoms with E-state index in [1.165, 1.54) is 46.2 Å². The van der Waals surface area contributed by atoms with Crippen LogP contribution < -0.4 is 5.73 Å². The van der Waals surface area contributed by atoms with Gasteiger partial charge in [0, 0.05) is 22.0 Å². The van der Waals surface area contributed by atoms with Gasteiger partial charge in [-0.2, -0.15) is 0 Å². The fraction of sp³-hybridized carbons (Fsp3) is 0.419. The molecule has 32 heavy (non-hydrogen) atoms. The Morgan fingerprint density at radius 2 is 1.12 bits per heavy atom. The van der Waals surface area contributed by atoms with Crippen LogP contribution in [0, 0.1) is 6.92 Å². The van der Waals surface area contributed by atoms with Crippen molar-refractivity contribution in [2.24, 2.45) is 0 Å². The van der Waals surface area contributed by atoms with Crippen LogP contribution in [0.3, 0.4) is 0 Å². The summed E-state index contributed by atoms with van der Waals surface area (Å²) in [6.45, 7) is 15.1. The van der Waals surface area contributed by atoms with Crippen LogP contribution in [0.15, 0.2) is 72.8 Å². The molecular weight excluding hydrogens is 386 g/mol. The number of quaternary nitrogens is 1. The predicted molar refractivity (Wildman–Crippen MR) is 138 cm³/mol. The lowest BCUT2D eigenvalue weighted by Crippen LogP contribution is -2.69. The first kappa shape index (κ1) is 24.3. The molecule has 0 aromatic heterocycles. The smallest absolute Gasteiger partial charge is 0.143 e. The molecule has 2 aliphatic rings. The molecule has 0 spiro atoms. The van der Waals surface area contributed by atoms with Gasteiger partial charge in [0.1, 0.15) is 5.54 Å². The van der Waals surface area contributed by atoms with Crippen LogP contribution in [0.2, 0.25) is 0 Å². The fourth-order valence-electron chi connectivity index (χ4n) is 6.11. The molecule has 3 atom stereocenters. The third-order valence-corrected chi connectivity index (χ3v) is 8.01. The molecule has 1 fully saturated rings. The Morgan fingerprint density at radius 3 is 1.66 bits per heavy atom. The van der Waals surface area contributed by atoms with E-state index in [9.17, 15) is 0 Å². The number of rotatable bonds is 2. The lowest BCUT2D eigenvalue weighted by molar-refractivity contribution is -0.465. The van der Waals surface area contributed by atoms with E-state index in [0.717, 1.165) is 6.42 Å². The van der Waals surface area contributed by atoms with Gasteiger partial charge in [-0.15, -0.1) is 0 Å². The van der Waals surface area contributed by atoms with Crippen molar-refractivity contribution < 1.29 is 5.73 Å². The maximum Gasteiger partial charge on any atom is 0.143 e. The summed E-state index contributed by atoms with van der Waals surface area (Å²) in [6, 6.07) is 27.1. The highest BCUT2D eigenvalue weighted by Crippen LogP contribution is 2.64. The summed E-state index contributed by atoms with van der Waals surface area (Å²) < 4.78 is 0. The van der Waals surface area contributed by atoms with Crippen LogP contribution in [0.25, 0.3) is 0 Å². The molecule has 0 amide bonds. The molecule has 3 unspecified atom stereocenters. The highest BCUT2D eigenvalue weighted by Gasteiger charge is 2.62. The predicted octanol–water partition coefficient (Wildman–Crippen LogP) is 7.10. The van der Waals surface area contributed by atoms with E-state index < -0.39 is 0 Å². The van der Waals surface area contributed by atoms with E-state index in [1.807, 2.05) is 27.7 Å². The van der Waals surface area contributed by atoms with Gasteiger partial charge in [-0.3, -0.25) is 0 Å². The molecule has 0 heterocycles. The second kappa shape index (κ2) is 9.24. The molecule has 2 aliphatic carbocycles. The minimum Gasteiger partial charge on any atom is -0.345 e. The minimum atomic E-state index is -0.230. The summed E-state index contributed by atoms with van der Waals surface area (Å²) in [7, 11) is 0. The van der Waals surface area contributed by atoms with Crippen molar-refractivity contribution >= 4 is 0 Å². The molecule has 1 heteroatoms. The summed E-state index contributed by atoms with van der Waals surface area (Å²) in [4.78, 5) is 0. The van der Waals surface area contributed by atoms with Gasteiger partial charge < -0.3 is 5.73 Å². The lowest BCUT2D eigenvalue weighted by atomic mass is 9.44. The Morgan fingerprint density at radius 1 is 0.656 bits per heavy atom. The quantitative estimate of drug-likeness (QED) is 0.451. The van der Waals surface area contributed by atoms with E-state index in [2.05, 4.69) is 93.6 Å². The van der Waals surface area contributed by atoms with Gasteiger partial charge in [0.05, 0.1) is 0 Å². The van der Waals surface area contributed by atoms with Gasteiger partial charge >= 0.3 is 0 Å². The molecule has 3 N–H and O–H groups in total. The van der Waals surface area contributed by atoms with E-state index in [0.29, 0.717) is 0 Å². The third kappa shape index (κ3) is 3.42. The van der Waals surface area contributed by atoms with Crippen molar-refractivity contribution in [2.45, 2.75) is 84.1 Å². The summed E-state index contributed by atoms with van der Waals surface area (Å²) in [6.07, 6.45) is 3.57. The van der Waals surface area contributed by atoms with Crippen LogP contribution in [-0.4, -0.2) is 0 Å². The van der Waals surface area contributed by atoms with E-state index in [4.69, 9.17) is 5.73 Å². The fourth-order valence-corrected chi connectivity index (χ4v) is 6.11. The van der Waals surface area contributed by atoms with Crippen molar-refractivity contribution in [3.63, 3.8) is 0 Å². The van der Waals surface area contributed by atoms with Crippen molar-refractivity contribution in [2.75, 3.05) is 0 Å². The Kier molecular flexibility index (Phi) is 7.00. The Hall–Kier alpha value is -2.38. The monoisotopic (exact) mass is 428 g/mol. The first-order chi connectivity index (χ1) is 15.4.